The molecule has 6 heteroatoms. The standard InChI is InChI=1S/C5H7F3O2.C5H5N/c1-3(4(9)10)2-5(6,7)8;1-2-4-6-5-3-1/h3H,2H2,1H3,(H,9,10);1-5H. The lowest BCUT2D eigenvalue weighted by Crippen LogP contribution is -2.19. The van der Waals surface area contributed by atoms with Crippen LogP contribution >= 0.6 is 0 Å². The Balaban J connectivity index is 0.000000315. The number of alkyl halides is 3. The highest BCUT2D eigenvalue weighted by Crippen LogP contribution is 2.24. The van der Waals surface area contributed by atoms with E-state index in [9.17, 15) is 18.0 Å². The zero-order chi connectivity index (χ0) is 12.6. The second kappa shape index (κ2) is 6.81. The number of pyridine rings is 1. The molecule has 1 N–H and O–H groups in total. The van der Waals surface area contributed by atoms with Crippen LogP contribution in [0.1, 0.15) is 13.3 Å². The molecule has 16 heavy (non-hydrogen) atoms. The minimum absolute atomic E-state index is 1.02. The van der Waals surface area contributed by atoms with Gasteiger partial charge in [-0.05, 0) is 12.1 Å². The van der Waals surface area contributed by atoms with E-state index < -0.39 is 24.5 Å². The third-order valence-electron chi connectivity index (χ3n) is 1.53. The van der Waals surface area contributed by atoms with Crippen LogP contribution in [0.25, 0.3) is 0 Å². The lowest BCUT2D eigenvalue weighted by molar-refractivity contribution is -0.162. The van der Waals surface area contributed by atoms with Crippen LogP contribution in [-0.4, -0.2) is 22.2 Å². The lowest BCUT2D eigenvalue weighted by Gasteiger charge is -2.08. The molecule has 1 aromatic rings. The van der Waals surface area contributed by atoms with Crippen LogP contribution in [0.4, 0.5) is 13.2 Å². The van der Waals surface area contributed by atoms with Crippen LogP contribution in [0.3, 0.4) is 0 Å². The maximum atomic E-state index is 11.4. The second-order valence-electron chi connectivity index (χ2n) is 3.08. The Bertz CT molecular complexity index is 274. The van der Waals surface area contributed by atoms with Crippen molar-refractivity contribution < 1.29 is 23.1 Å². The van der Waals surface area contributed by atoms with Crippen LogP contribution in [0, 0.1) is 5.92 Å². The Morgan fingerprint density at radius 2 is 1.81 bits per heavy atom. The van der Waals surface area contributed by atoms with E-state index >= 15 is 0 Å². The fourth-order valence-corrected chi connectivity index (χ4v) is 0.747. The molecule has 1 atom stereocenters. The van der Waals surface area contributed by atoms with Crippen LogP contribution in [-0.2, 0) is 4.79 Å². The van der Waals surface area contributed by atoms with Crippen molar-refractivity contribution in [3.63, 3.8) is 0 Å². The van der Waals surface area contributed by atoms with Crippen molar-refractivity contribution in [2.24, 2.45) is 5.92 Å². The molecular weight excluding hydrogens is 223 g/mol. The number of carboxylic acid groups (broad SMARTS) is 1. The van der Waals surface area contributed by atoms with Crippen molar-refractivity contribution in [3.8, 4) is 0 Å². The van der Waals surface area contributed by atoms with Gasteiger partial charge in [0.15, 0.2) is 0 Å². The summed E-state index contributed by atoms with van der Waals surface area (Å²) >= 11 is 0. The molecule has 3 nitrogen and oxygen atoms in total. The summed E-state index contributed by atoms with van der Waals surface area (Å²) < 4.78 is 34.2. The fourth-order valence-electron chi connectivity index (χ4n) is 0.747. The van der Waals surface area contributed by atoms with Gasteiger partial charge in [-0.3, -0.25) is 9.78 Å². The number of rotatable bonds is 2. The molecule has 0 aromatic carbocycles. The Hall–Kier alpha value is -1.59. The van der Waals surface area contributed by atoms with Gasteiger partial charge in [0.25, 0.3) is 0 Å². The Kier molecular flexibility index (Phi) is 6.14. The number of hydrogen-bond donors (Lipinski definition) is 1. The number of nitrogens with zero attached hydrogens (tertiary/aromatic N) is 1. The predicted molar refractivity (Wildman–Crippen MR) is 51.7 cm³/mol. The highest BCUT2D eigenvalue weighted by Gasteiger charge is 2.32. The first-order chi connectivity index (χ1) is 7.33. The lowest BCUT2D eigenvalue weighted by atomic mass is 10.1. The molecule has 0 aliphatic heterocycles. The van der Waals surface area contributed by atoms with Crippen LogP contribution in [0.15, 0.2) is 30.6 Å². The van der Waals surface area contributed by atoms with E-state index in [0.29, 0.717) is 0 Å². The molecular formula is C10H12F3NO2. The first kappa shape index (κ1) is 14.4. The van der Waals surface area contributed by atoms with E-state index in [4.69, 9.17) is 5.11 Å². The molecule has 0 saturated carbocycles. The molecule has 0 radical (unpaired) electrons. The van der Waals surface area contributed by atoms with Gasteiger partial charge in [-0.15, -0.1) is 0 Å². The molecule has 90 valence electrons. The molecule has 0 saturated heterocycles. The van der Waals surface area contributed by atoms with E-state index in [2.05, 4.69) is 4.98 Å². The quantitative estimate of drug-likeness (QED) is 0.857. The number of aromatic nitrogens is 1. The van der Waals surface area contributed by atoms with Crippen molar-refractivity contribution in [2.45, 2.75) is 19.5 Å². The van der Waals surface area contributed by atoms with Gasteiger partial charge >= 0.3 is 12.1 Å². The summed E-state index contributed by atoms with van der Waals surface area (Å²) in [6, 6.07) is 5.72. The van der Waals surface area contributed by atoms with Gasteiger partial charge in [0, 0.05) is 12.4 Å². The molecule has 0 spiro atoms. The molecule has 0 amide bonds. The first-order valence-corrected chi connectivity index (χ1v) is 4.47. The number of carbonyl (C=O) groups is 1. The van der Waals surface area contributed by atoms with Gasteiger partial charge in [-0.1, -0.05) is 13.0 Å². The van der Waals surface area contributed by atoms with Gasteiger partial charge in [0.2, 0.25) is 0 Å². The summed E-state index contributed by atoms with van der Waals surface area (Å²) in [4.78, 5) is 13.7. The average molecular weight is 235 g/mol. The molecule has 1 unspecified atom stereocenters. The third-order valence-corrected chi connectivity index (χ3v) is 1.53. The number of aliphatic carboxylic acids is 1. The summed E-state index contributed by atoms with van der Waals surface area (Å²) in [7, 11) is 0. The first-order valence-electron chi connectivity index (χ1n) is 4.47. The Labute approximate surface area is 90.9 Å². The SMILES string of the molecule is CC(CC(F)(F)F)C(=O)O.c1ccncc1. The summed E-state index contributed by atoms with van der Waals surface area (Å²) in [5.74, 6) is -2.77. The smallest absolute Gasteiger partial charge is 0.389 e. The largest absolute Gasteiger partial charge is 0.481 e. The maximum absolute atomic E-state index is 11.4. The van der Waals surface area contributed by atoms with Crippen molar-refractivity contribution >= 4 is 5.97 Å². The van der Waals surface area contributed by atoms with Crippen molar-refractivity contribution in [1.82, 2.24) is 4.98 Å². The molecule has 1 rings (SSSR count). The van der Waals surface area contributed by atoms with Gasteiger partial charge < -0.3 is 5.11 Å². The molecule has 1 aromatic heterocycles. The molecule has 0 aliphatic carbocycles. The summed E-state index contributed by atoms with van der Waals surface area (Å²) in [5, 5.41) is 8.05. The molecule has 0 bridgehead atoms. The monoisotopic (exact) mass is 235 g/mol. The average Bonchev–Trinajstić information content (AvgIpc) is 2.18. The number of hydrogen-bond acceptors (Lipinski definition) is 2. The maximum Gasteiger partial charge on any atom is 0.389 e. The summed E-state index contributed by atoms with van der Waals surface area (Å²) in [5.41, 5.74) is 0. The van der Waals surface area contributed by atoms with Gasteiger partial charge in [0.05, 0.1) is 12.3 Å². The van der Waals surface area contributed by atoms with E-state index in [1.807, 2.05) is 18.2 Å². The van der Waals surface area contributed by atoms with Crippen LogP contribution < -0.4 is 0 Å². The van der Waals surface area contributed by atoms with E-state index in [1.165, 1.54) is 0 Å². The minimum Gasteiger partial charge on any atom is -0.481 e. The van der Waals surface area contributed by atoms with E-state index in [1.54, 1.807) is 12.4 Å². The number of halogens is 3. The van der Waals surface area contributed by atoms with Crippen molar-refractivity contribution in [2.75, 3.05) is 0 Å². The van der Waals surface area contributed by atoms with Crippen LogP contribution in [0.2, 0.25) is 0 Å². The van der Waals surface area contributed by atoms with E-state index in [0.717, 1.165) is 6.92 Å². The highest BCUT2D eigenvalue weighted by molar-refractivity contribution is 5.69. The molecule has 0 aliphatic rings. The molecule has 1 heterocycles. The number of carboxylic acids is 1. The normalized spacial score (nSPS) is 12.2. The zero-order valence-electron chi connectivity index (χ0n) is 8.61. The fraction of sp³-hybridized carbons (Fsp3) is 0.400. The van der Waals surface area contributed by atoms with Crippen molar-refractivity contribution in [1.29, 1.82) is 0 Å². The second-order valence-corrected chi connectivity index (χ2v) is 3.08. The predicted octanol–water partition coefficient (Wildman–Crippen LogP) is 2.74. The highest BCUT2D eigenvalue weighted by atomic mass is 19.4. The molecule has 0 fully saturated rings. The van der Waals surface area contributed by atoms with Crippen molar-refractivity contribution in [3.05, 3.63) is 30.6 Å². The Morgan fingerprint density at radius 1 is 1.31 bits per heavy atom. The summed E-state index contributed by atoms with van der Waals surface area (Å²) in [6.45, 7) is 1.02. The van der Waals surface area contributed by atoms with Crippen LogP contribution in [0.5, 0.6) is 0 Å². The van der Waals surface area contributed by atoms with Gasteiger partial charge in [-0.25, -0.2) is 0 Å². The third kappa shape index (κ3) is 8.98. The van der Waals surface area contributed by atoms with Gasteiger partial charge in [-0.2, -0.15) is 13.2 Å². The summed E-state index contributed by atoms with van der Waals surface area (Å²) in [6.07, 6.45) is -2.14. The minimum atomic E-state index is -4.38. The van der Waals surface area contributed by atoms with Gasteiger partial charge in [0.1, 0.15) is 0 Å². The zero-order valence-corrected chi connectivity index (χ0v) is 8.61. The Morgan fingerprint density at radius 3 is 1.94 bits per heavy atom. The topological polar surface area (TPSA) is 50.2 Å². The van der Waals surface area contributed by atoms with E-state index in [-0.39, 0.29) is 0 Å².